The SMILES string of the molecule is COc1cccc(F)c1-c1nc(Cl)c2cc(Br)ccc2n1. The Labute approximate surface area is 133 Å². The van der Waals surface area contributed by atoms with E-state index in [1.54, 1.807) is 18.2 Å². The van der Waals surface area contributed by atoms with Crippen LogP contribution in [0.4, 0.5) is 4.39 Å². The minimum Gasteiger partial charge on any atom is -0.496 e. The molecule has 0 fully saturated rings. The van der Waals surface area contributed by atoms with Crippen molar-refractivity contribution in [2.45, 2.75) is 0 Å². The standard InChI is InChI=1S/C15H9BrClFN2O/c1-21-12-4-2-3-10(18)13(12)15-19-11-6-5-8(16)7-9(11)14(17)20-15/h2-7H,1H3. The molecule has 0 radical (unpaired) electrons. The number of hydrogen-bond donors (Lipinski definition) is 0. The predicted octanol–water partition coefficient (Wildman–Crippen LogP) is 4.86. The summed E-state index contributed by atoms with van der Waals surface area (Å²) in [5.74, 6) is 0.106. The average Bonchev–Trinajstić information content (AvgIpc) is 2.47. The van der Waals surface area contributed by atoms with Crippen LogP contribution in [0.25, 0.3) is 22.3 Å². The second-order valence-corrected chi connectivity index (χ2v) is 5.59. The van der Waals surface area contributed by atoms with Gasteiger partial charge in [0.1, 0.15) is 16.7 Å². The van der Waals surface area contributed by atoms with Crippen molar-refractivity contribution in [2.75, 3.05) is 7.11 Å². The first-order valence-electron chi connectivity index (χ1n) is 6.06. The zero-order chi connectivity index (χ0) is 15.0. The van der Waals surface area contributed by atoms with Crippen molar-refractivity contribution in [1.82, 2.24) is 9.97 Å². The molecule has 1 aromatic heterocycles. The Morgan fingerprint density at radius 2 is 2.00 bits per heavy atom. The van der Waals surface area contributed by atoms with Gasteiger partial charge in [0.05, 0.1) is 18.2 Å². The molecule has 106 valence electrons. The molecule has 6 heteroatoms. The maximum Gasteiger partial charge on any atom is 0.168 e. The minimum atomic E-state index is -0.457. The monoisotopic (exact) mass is 366 g/mol. The minimum absolute atomic E-state index is 0.199. The molecule has 0 saturated carbocycles. The fourth-order valence-corrected chi connectivity index (χ4v) is 2.66. The van der Waals surface area contributed by atoms with Crippen LogP contribution in [-0.2, 0) is 0 Å². The molecular formula is C15H9BrClFN2O. The van der Waals surface area contributed by atoms with Crippen molar-refractivity contribution < 1.29 is 9.13 Å². The molecule has 3 nitrogen and oxygen atoms in total. The number of nitrogens with zero attached hydrogens (tertiary/aromatic N) is 2. The summed E-state index contributed by atoms with van der Waals surface area (Å²) in [7, 11) is 1.47. The number of benzene rings is 2. The van der Waals surface area contributed by atoms with Crippen LogP contribution in [-0.4, -0.2) is 17.1 Å². The predicted molar refractivity (Wildman–Crippen MR) is 84.2 cm³/mol. The van der Waals surface area contributed by atoms with Gasteiger partial charge >= 0.3 is 0 Å². The Hall–Kier alpha value is -1.72. The third kappa shape index (κ3) is 2.59. The Bertz CT molecular complexity index is 841. The highest BCUT2D eigenvalue weighted by Gasteiger charge is 2.16. The summed E-state index contributed by atoms with van der Waals surface area (Å²) >= 11 is 9.57. The summed E-state index contributed by atoms with van der Waals surface area (Å²) < 4.78 is 20.2. The molecule has 3 aromatic rings. The fourth-order valence-electron chi connectivity index (χ4n) is 2.07. The molecule has 2 aromatic carbocycles. The van der Waals surface area contributed by atoms with Crippen molar-refractivity contribution in [1.29, 1.82) is 0 Å². The molecule has 0 unspecified atom stereocenters. The molecule has 21 heavy (non-hydrogen) atoms. The normalized spacial score (nSPS) is 10.9. The summed E-state index contributed by atoms with van der Waals surface area (Å²) in [6.45, 7) is 0. The summed E-state index contributed by atoms with van der Waals surface area (Å²) in [6.07, 6.45) is 0. The highest BCUT2D eigenvalue weighted by atomic mass is 79.9. The van der Waals surface area contributed by atoms with E-state index in [-0.39, 0.29) is 16.5 Å². The molecule has 3 rings (SSSR count). The van der Waals surface area contributed by atoms with Crippen LogP contribution in [0, 0.1) is 5.82 Å². The molecule has 0 spiro atoms. The Morgan fingerprint density at radius 1 is 1.19 bits per heavy atom. The van der Waals surface area contributed by atoms with Crippen LogP contribution in [0.15, 0.2) is 40.9 Å². The van der Waals surface area contributed by atoms with Gasteiger partial charge in [-0.15, -0.1) is 0 Å². The highest BCUT2D eigenvalue weighted by molar-refractivity contribution is 9.10. The van der Waals surface area contributed by atoms with E-state index in [0.717, 1.165) is 4.47 Å². The molecule has 0 bridgehead atoms. The second-order valence-electron chi connectivity index (χ2n) is 4.32. The smallest absolute Gasteiger partial charge is 0.168 e. The maximum atomic E-state index is 14.1. The number of hydrogen-bond acceptors (Lipinski definition) is 3. The molecular weight excluding hydrogens is 359 g/mol. The zero-order valence-corrected chi connectivity index (χ0v) is 13.2. The molecule has 0 aliphatic carbocycles. The van der Waals surface area contributed by atoms with E-state index >= 15 is 0 Å². The van der Waals surface area contributed by atoms with Gasteiger partial charge in [0, 0.05) is 9.86 Å². The molecule has 0 amide bonds. The first kappa shape index (κ1) is 14.2. The van der Waals surface area contributed by atoms with Crippen LogP contribution >= 0.6 is 27.5 Å². The first-order chi connectivity index (χ1) is 10.1. The Kier molecular flexibility index (Phi) is 3.78. The van der Waals surface area contributed by atoms with Crippen molar-refractivity contribution >= 4 is 38.4 Å². The number of halogens is 3. The van der Waals surface area contributed by atoms with Crippen molar-refractivity contribution in [2.24, 2.45) is 0 Å². The van der Waals surface area contributed by atoms with Crippen LogP contribution < -0.4 is 4.74 Å². The Balaban J connectivity index is 2.29. The van der Waals surface area contributed by atoms with Gasteiger partial charge in [-0.1, -0.05) is 33.6 Å². The van der Waals surface area contributed by atoms with Gasteiger partial charge in [-0.2, -0.15) is 0 Å². The van der Waals surface area contributed by atoms with Crippen LogP contribution in [0.2, 0.25) is 5.15 Å². The van der Waals surface area contributed by atoms with Gasteiger partial charge in [0.15, 0.2) is 5.82 Å². The molecule has 0 N–H and O–H groups in total. The number of fused-ring (bicyclic) bond motifs is 1. The fraction of sp³-hybridized carbons (Fsp3) is 0.0667. The van der Waals surface area contributed by atoms with Crippen LogP contribution in [0.1, 0.15) is 0 Å². The zero-order valence-electron chi connectivity index (χ0n) is 10.9. The summed E-state index contributed by atoms with van der Waals surface area (Å²) in [5.41, 5.74) is 0.838. The first-order valence-corrected chi connectivity index (χ1v) is 7.23. The molecule has 0 aliphatic heterocycles. The molecule has 1 heterocycles. The summed E-state index contributed by atoms with van der Waals surface area (Å²) in [5, 5.41) is 0.965. The van der Waals surface area contributed by atoms with Gasteiger partial charge in [-0.3, -0.25) is 0 Å². The van der Waals surface area contributed by atoms with E-state index < -0.39 is 5.82 Å². The van der Waals surface area contributed by atoms with Crippen LogP contribution in [0.5, 0.6) is 5.75 Å². The van der Waals surface area contributed by atoms with Crippen LogP contribution in [0.3, 0.4) is 0 Å². The van der Waals surface area contributed by atoms with E-state index in [1.807, 2.05) is 12.1 Å². The molecule has 0 saturated heterocycles. The van der Waals surface area contributed by atoms with Gasteiger partial charge in [-0.05, 0) is 30.3 Å². The van der Waals surface area contributed by atoms with E-state index in [1.165, 1.54) is 13.2 Å². The number of aromatic nitrogens is 2. The number of ether oxygens (including phenoxy) is 1. The van der Waals surface area contributed by atoms with E-state index in [2.05, 4.69) is 25.9 Å². The topological polar surface area (TPSA) is 35.0 Å². The summed E-state index contributed by atoms with van der Waals surface area (Å²) in [4.78, 5) is 8.58. The second kappa shape index (κ2) is 5.58. The lowest BCUT2D eigenvalue weighted by atomic mass is 10.1. The van der Waals surface area contributed by atoms with Crippen molar-refractivity contribution in [3.05, 3.63) is 51.8 Å². The molecule has 0 atom stereocenters. The van der Waals surface area contributed by atoms with Gasteiger partial charge < -0.3 is 4.74 Å². The number of rotatable bonds is 2. The average molecular weight is 368 g/mol. The number of methoxy groups -OCH3 is 1. The molecule has 0 aliphatic rings. The largest absolute Gasteiger partial charge is 0.496 e. The summed E-state index contributed by atoms with van der Waals surface area (Å²) in [6, 6.07) is 10.0. The van der Waals surface area contributed by atoms with Gasteiger partial charge in [0.2, 0.25) is 0 Å². The third-order valence-corrected chi connectivity index (χ3v) is 3.81. The van der Waals surface area contributed by atoms with Crippen molar-refractivity contribution in [3.63, 3.8) is 0 Å². The van der Waals surface area contributed by atoms with E-state index in [4.69, 9.17) is 16.3 Å². The van der Waals surface area contributed by atoms with Gasteiger partial charge in [0.25, 0.3) is 0 Å². The Morgan fingerprint density at radius 3 is 2.76 bits per heavy atom. The van der Waals surface area contributed by atoms with E-state index in [9.17, 15) is 4.39 Å². The lowest BCUT2D eigenvalue weighted by molar-refractivity contribution is 0.413. The lowest BCUT2D eigenvalue weighted by Gasteiger charge is -2.10. The quantitative estimate of drug-likeness (QED) is 0.607. The van der Waals surface area contributed by atoms with E-state index in [0.29, 0.717) is 16.7 Å². The lowest BCUT2D eigenvalue weighted by Crippen LogP contribution is -1.97. The third-order valence-electron chi connectivity index (χ3n) is 3.03. The van der Waals surface area contributed by atoms with Crippen molar-refractivity contribution in [3.8, 4) is 17.1 Å². The maximum absolute atomic E-state index is 14.1. The highest BCUT2D eigenvalue weighted by Crippen LogP contribution is 2.33. The van der Waals surface area contributed by atoms with Gasteiger partial charge in [-0.25, -0.2) is 14.4 Å².